The maximum atomic E-state index is 12.2. The molecule has 0 radical (unpaired) electrons. The summed E-state index contributed by atoms with van der Waals surface area (Å²) in [5, 5.41) is 1.11. The van der Waals surface area contributed by atoms with Crippen LogP contribution >= 0.6 is 0 Å². The van der Waals surface area contributed by atoms with Crippen LogP contribution in [0, 0.1) is 0 Å². The van der Waals surface area contributed by atoms with E-state index in [0.717, 1.165) is 29.5 Å². The third-order valence-electron chi connectivity index (χ3n) is 3.85. The molecule has 4 heteroatoms. The summed E-state index contributed by atoms with van der Waals surface area (Å²) in [4.78, 5) is 14.1. The zero-order chi connectivity index (χ0) is 14.1. The van der Waals surface area contributed by atoms with Gasteiger partial charge in [0.2, 0.25) is 5.91 Å². The Morgan fingerprint density at radius 1 is 1.40 bits per heavy atom. The second kappa shape index (κ2) is 5.19. The fourth-order valence-electron chi connectivity index (χ4n) is 2.50. The highest BCUT2D eigenvalue weighted by molar-refractivity contribution is 5.84. The number of nitrogens with zero attached hydrogens (tertiary/aromatic N) is 2. The highest BCUT2D eigenvalue weighted by atomic mass is 16.5. The topological polar surface area (TPSA) is 34.5 Å². The van der Waals surface area contributed by atoms with Gasteiger partial charge in [0, 0.05) is 30.2 Å². The molecule has 0 atom stereocenters. The standard InChI is InChI=1S/C16H20N2O2/c1-3-20-14-6-7-15-12(10-14)8-9-18(15)11-16(19)17(2)13-4-5-13/h6-10,13H,3-5,11H2,1-2H3. The number of hydrogen-bond acceptors (Lipinski definition) is 2. The van der Waals surface area contributed by atoms with Crippen LogP contribution in [0.2, 0.25) is 0 Å². The van der Waals surface area contributed by atoms with Crippen molar-refractivity contribution in [2.75, 3.05) is 13.7 Å². The molecule has 106 valence electrons. The molecule has 1 aliphatic carbocycles. The zero-order valence-corrected chi connectivity index (χ0v) is 12.0. The molecule has 1 saturated carbocycles. The monoisotopic (exact) mass is 272 g/mol. The van der Waals surface area contributed by atoms with Crippen LogP contribution in [0.3, 0.4) is 0 Å². The van der Waals surface area contributed by atoms with E-state index in [1.165, 1.54) is 0 Å². The van der Waals surface area contributed by atoms with E-state index in [9.17, 15) is 4.79 Å². The number of ether oxygens (including phenoxy) is 1. The molecule has 0 saturated heterocycles. The molecule has 4 nitrogen and oxygen atoms in total. The highest BCUT2D eigenvalue weighted by Gasteiger charge is 2.29. The van der Waals surface area contributed by atoms with Crippen LogP contribution in [0.25, 0.3) is 10.9 Å². The first-order chi connectivity index (χ1) is 9.69. The first kappa shape index (κ1) is 13.0. The smallest absolute Gasteiger partial charge is 0.242 e. The number of hydrogen-bond donors (Lipinski definition) is 0. The molecule has 3 rings (SSSR count). The quantitative estimate of drug-likeness (QED) is 0.838. The molecular formula is C16H20N2O2. The van der Waals surface area contributed by atoms with Crippen molar-refractivity contribution in [3.63, 3.8) is 0 Å². The number of likely N-dealkylation sites (N-methyl/N-ethyl adjacent to an activating group) is 1. The van der Waals surface area contributed by atoms with E-state index in [1.807, 2.05) is 53.9 Å². The maximum Gasteiger partial charge on any atom is 0.242 e. The van der Waals surface area contributed by atoms with Crippen LogP contribution in [0.4, 0.5) is 0 Å². The lowest BCUT2D eigenvalue weighted by Crippen LogP contribution is -2.31. The molecular weight excluding hydrogens is 252 g/mol. The number of benzene rings is 1. The summed E-state index contributed by atoms with van der Waals surface area (Å²) in [5.74, 6) is 1.05. The number of carbonyl (C=O) groups is 1. The van der Waals surface area contributed by atoms with E-state index in [2.05, 4.69) is 0 Å². The lowest BCUT2D eigenvalue weighted by atomic mass is 10.2. The summed E-state index contributed by atoms with van der Waals surface area (Å²) in [5.41, 5.74) is 1.08. The summed E-state index contributed by atoms with van der Waals surface area (Å²) < 4.78 is 7.50. The number of rotatable bonds is 5. The Morgan fingerprint density at radius 2 is 2.20 bits per heavy atom. The predicted octanol–water partition coefficient (Wildman–Crippen LogP) is 2.66. The molecule has 1 amide bonds. The minimum Gasteiger partial charge on any atom is -0.494 e. The van der Waals surface area contributed by atoms with Crippen molar-refractivity contribution in [1.82, 2.24) is 9.47 Å². The van der Waals surface area contributed by atoms with Gasteiger partial charge in [-0.3, -0.25) is 4.79 Å². The summed E-state index contributed by atoms with van der Waals surface area (Å²) in [6.07, 6.45) is 4.26. The molecule has 0 unspecified atom stereocenters. The van der Waals surface area contributed by atoms with Crippen LogP contribution in [-0.2, 0) is 11.3 Å². The van der Waals surface area contributed by atoms with Crippen molar-refractivity contribution in [2.24, 2.45) is 0 Å². The second-order valence-corrected chi connectivity index (χ2v) is 5.33. The third kappa shape index (κ3) is 2.50. The largest absolute Gasteiger partial charge is 0.494 e. The molecule has 1 heterocycles. The van der Waals surface area contributed by atoms with Gasteiger partial charge in [0.25, 0.3) is 0 Å². The van der Waals surface area contributed by atoms with Crippen LogP contribution < -0.4 is 4.74 Å². The van der Waals surface area contributed by atoms with E-state index in [0.29, 0.717) is 19.2 Å². The summed E-state index contributed by atoms with van der Waals surface area (Å²) in [7, 11) is 1.90. The molecule has 0 aliphatic heterocycles. The van der Waals surface area contributed by atoms with Crippen molar-refractivity contribution < 1.29 is 9.53 Å². The molecule has 1 aliphatic rings. The van der Waals surface area contributed by atoms with Gasteiger partial charge in [-0.05, 0) is 44.0 Å². The Hall–Kier alpha value is -1.97. The van der Waals surface area contributed by atoms with E-state index >= 15 is 0 Å². The van der Waals surface area contributed by atoms with E-state index in [4.69, 9.17) is 4.74 Å². The van der Waals surface area contributed by atoms with Crippen molar-refractivity contribution in [2.45, 2.75) is 32.4 Å². The van der Waals surface area contributed by atoms with Gasteiger partial charge in [-0.25, -0.2) is 0 Å². The summed E-state index contributed by atoms with van der Waals surface area (Å²) in [6.45, 7) is 3.04. The number of carbonyl (C=O) groups excluding carboxylic acids is 1. The van der Waals surface area contributed by atoms with Gasteiger partial charge in [0.15, 0.2) is 0 Å². The van der Waals surface area contributed by atoms with E-state index in [-0.39, 0.29) is 5.91 Å². The molecule has 1 fully saturated rings. The lowest BCUT2D eigenvalue weighted by Gasteiger charge is -2.17. The Bertz CT molecular complexity index is 628. The van der Waals surface area contributed by atoms with E-state index in [1.54, 1.807) is 0 Å². The van der Waals surface area contributed by atoms with Gasteiger partial charge >= 0.3 is 0 Å². The third-order valence-corrected chi connectivity index (χ3v) is 3.85. The van der Waals surface area contributed by atoms with Crippen molar-refractivity contribution >= 4 is 16.8 Å². The number of amides is 1. The number of fused-ring (bicyclic) bond motifs is 1. The minimum absolute atomic E-state index is 0.180. The van der Waals surface area contributed by atoms with Crippen LogP contribution in [0.5, 0.6) is 5.75 Å². The van der Waals surface area contributed by atoms with Crippen LogP contribution in [-0.4, -0.2) is 35.1 Å². The number of aromatic nitrogens is 1. The molecule has 0 N–H and O–H groups in total. The average Bonchev–Trinajstić information content (AvgIpc) is 3.22. The maximum absolute atomic E-state index is 12.2. The van der Waals surface area contributed by atoms with Gasteiger partial charge < -0.3 is 14.2 Å². The Labute approximate surface area is 118 Å². The molecule has 2 aromatic rings. The molecule has 1 aromatic carbocycles. The van der Waals surface area contributed by atoms with Gasteiger partial charge in [0.1, 0.15) is 12.3 Å². The Balaban J connectivity index is 1.79. The summed E-state index contributed by atoms with van der Waals surface area (Å²) in [6, 6.07) is 8.49. The fourth-order valence-corrected chi connectivity index (χ4v) is 2.50. The molecule has 1 aromatic heterocycles. The van der Waals surface area contributed by atoms with Gasteiger partial charge in [-0.15, -0.1) is 0 Å². The Morgan fingerprint density at radius 3 is 2.90 bits per heavy atom. The second-order valence-electron chi connectivity index (χ2n) is 5.33. The zero-order valence-electron chi connectivity index (χ0n) is 12.0. The molecule has 0 spiro atoms. The fraction of sp³-hybridized carbons (Fsp3) is 0.438. The molecule has 20 heavy (non-hydrogen) atoms. The van der Waals surface area contributed by atoms with Gasteiger partial charge in [0.05, 0.1) is 6.61 Å². The lowest BCUT2D eigenvalue weighted by molar-refractivity contribution is -0.130. The van der Waals surface area contributed by atoms with Crippen molar-refractivity contribution in [3.8, 4) is 5.75 Å². The van der Waals surface area contributed by atoms with Crippen LogP contribution in [0.1, 0.15) is 19.8 Å². The van der Waals surface area contributed by atoms with Crippen molar-refractivity contribution in [1.29, 1.82) is 0 Å². The first-order valence-corrected chi connectivity index (χ1v) is 7.16. The van der Waals surface area contributed by atoms with Crippen molar-refractivity contribution in [3.05, 3.63) is 30.5 Å². The first-order valence-electron chi connectivity index (χ1n) is 7.16. The summed E-state index contributed by atoms with van der Waals surface area (Å²) >= 11 is 0. The normalized spacial score (nSPS) is 14.5. The predicted molar refractivity (Wildman–Crippen MR) is 78.9 cm³/mol. The van der Waals surface area contributed by atoms with E-state index < -0.39 is 0 Å². The molecule has 0 bridgehead atoms. The van der Waals surface area contributed by atoms with Gasteiger partial charge in [-0.1, -0.05) is 0 Å². The highest BCUT2D eigenvalue weighted by Crippen LogP contribution is 2.26. The van der Waals surface area contributed by atoms with Crippen LogP contribution in [0.15, 0.2) is 30.5 Å². The SMILES string of the molecule is CCOc1ccc2c(ccn2CC(=O)N(C)C2CC2)c1. The average molecular weight is 272 g/mol. The Kier molecular flexibility index (Phi) is 3.38. The van der Waals surface area contributed by atoms with Gasteiger partial charge in [-0.2, -0.15) is 0 Å². The minimum atomic E-state index is 0.180.